The van der Waals surface area contributed by atoms with Gasteiger partial charge in [0.1, 0.15) is 0 Å². The highest BCUT2D eigenvalue weighted by molar-refractivity contribution is 6.76. The lowest BCUT2D eigenvalue weighted by atomic mass is 10.4. The van der Waals surface area contributed by atoms with Crippen LogP contribution in [-0.4, -0.2) is 27.5 Å². The largest absolute Gasteiger partial charge is 0.463 e. The predicted molar refractivity (Wildman–Crippen MR) is 73.2 cm³/mol. The first-order valence-electron chi connectivity index (χ1n) is 5.79. The second-order valence-corrected chi connectivity index (χ2v) is 7.78. The molecule has 0 radical (unpaired) electrons. The van der Waals surface area contributed by atoms with E-state index in [0.717, 1.165) is 0 Å². The van der Waals surface area contributed by atoms with Crippen LogP contribution in [0.2, 0.25) is 13.1 Å². The van der Waals surface area contributed by atoms with Gasteiger partial charge in [-0.05, 0) is 26.9 Å². The highest BCUT2D eigenvalue weighted by atomic mass is 28.4. The Hall–Kier alpha value is -1.13. The van der Waals surface area contributed by atoms with Crippen LogP contribution in [0.1, 0.15) is 13.8 Å². The summed E-state index contributed by atoms with van der Waals surface area (Å²) in [5, 5.41) is 0. The monoisotopic (exact) mass is 254 g/mol. The molecule has 0 rings (SSSR count). The Balaban J connectivity index is 4.06. The fraction of sp³-hybridized carbons (Fsp3) is 0.462. The summed E-state index contributed by atoms with van der Waals surface area (Å²) in [5.41, 5.74) is 1.84. The van der Waals surface area contributed by atoms with E-state index in [4.69, 9.17) is 9.16 Å². The molecule has 17 heavy (non-hydrogen) atoms. The molecule has 0 saturated heterocycles. The molecule has 0 atom stereocenters. The Bertz CT molecular complexity index is 304. The average Bonchev–Trinajstić information content (AvgIpc) is 2.27. The van der Waals surface area contributed by atoms with Gasteiger partial charge in [-0.2, -0.15) is 0 Å². The van der Waals surface area contributed by atoms with Gasteiger partial charge in [0, 0.05) is 6.08 Å². The molecule has 0 spiro atoms. The standard InChI is InChI=1S/C13H22O3Si/c1-5-7-8-9-11-16-17(3,4)12-10-13(14)15-6-2/h5,7-10,12H,6,11H2,1-4H3/b7-5+,9-8+,12-10+. The highest BCUT2D eigenvalue weighted by Crippen LogP contribution is 2.06. The molecule has 4 heteroatoms. The number of hydrogen-bond donors (Lipinski definition) is 0. The number of ether oxygens (including phenoxy) is 1. The van der Waals surface area contributed by atoms with Crippen molar-refractivity contribution >= 4 is 14.3 Å². The van der Waals surface area contributed by atoms with E-state index in [1.165, 1.54) is 6.08 Å². The lowest BCUT2D eigenvalue weighted by molar-refractivity contribution is -0.137. The third kappa shape index (κ3) is 9.78. The van der Waals surface area contributed by atoms with Gasteiger partial charge in [0.25, 0.3) is 0 Å². The Morgan fingerprint density at radius 3 is 2.59 bits per heavy atom. The minimum absolute atomic E-state index is 0.305. The first kappa shape index (κ1) is 15.9. The van der Waals surface area contributed by atoms with Crippen molar-refractivity contribution in [2.75, 3.05) is 13.2 Å². The van der Waals surface area contributed by atoms with Crippen molar-refractivity contribution in [1.29, 1.82) is 0 Å². The molecule has 0 fully saturated rings. The highest BCUT2D eigenvalue weighted by Gasteiger charge is 2.18. The molecule has 0 aliphatic carbocycles. The molecule has 0 aliphatic heterocycles. The van der Waals surface area contributed by atoms with Crippen LogP contribution in [0.25, 0.3) is 0 Å². The minimum Gasteiger partial charge on any atom is -0.463 e. The van der Waals surface area contributed by atoms with Crippen LogP contribution in [0, 0.1) is 0 Å². The lowest BCUT2D eigenvalue weighted by Gasteiger charge is -2.16. The van der Waals surface area contributed by atoms with E-state index < -0.39 is 8.32 Å². The summed E-state index contributed by atoms with van der Waals surface area (Å²) in [6.07, 6.45) is 9.27. The predicted octanol–water partition coefficient (Wildman–Crippen LogP) is 3.00. The first-order chi connectivity index (χ1) is 8.02. The van der Waals surface area contributed by atoms with Gasteiger partial charge in [-0.3, -0.25) is 0 Å². The molecule has 0 N–H and O–H groups in total. The minimum atomic E-state index is -1.91. The molecular weight excluding hydrogens is 232 g/mol. The quantitative estimate of drug-likeness (QED) is 0.303. The summed E-state index contributed by atoms with van der Waals surface area (Å²) in [5.74, 6) is -0.305. The Morgan fingerprint density at radius 1 is 1.29 bits per heavy atom. The first-order valence-corrected chi connectivity index (χ1v) is 8.78. The summed E-state index contributed by atoms with van der Waals surface area (Å²) < 4.78 is 10.5. The molecule has 3 nitrogen and oxygen atoms in total. The normalized spacial score (nSPS) is 12.9. The van der Waals surface area contributed by atoms with Gasteiger partial charge in [-0.25, -0.2) is 4.79 Å². The zero-order valence-electron chi connectivity index (χ0n) is 11.1. The van der Waals surface area contributed by atoms with Gasteiger partial charge in [0.15, 0.2) is 0 Å². The van der Waals surface area contributed by atoms with Crippen LogP contribution in [-0.2, 0) is 14.0 Å². The van der Waals surface area contributed by atoms with E-state index >= 15 is 0 Å². The SMILES string of the molecule is C/C=C/C=C/CO[Si](C)(C)/C=C/C(=O)OCC. The van der Waals surface area contributed by atoms with Crippen LogP contribution in [0.5, 0.6) is 0 Å². The van der Waals surface area contributed by atoms with Gasteiger partial charge in [-0.1, -0.05) is 30.0 Å². The van der Waals surface area contributed by atoms with E-state index in [2.05, 4.69) is 0 Å². The number of hydrogen-bond acceptors (Lipinski definition) is 3. The van der Waals surface area contributed by atoms with Crippen molar-refractivity contribution < 1.29 is 14.0 Å². The van der Waals surface area contributed by atoms with E-state index in [9.17, 15) is 4.79 Å². The smallest absolute Gasteiger partial charge is 0.330 e. The molecule has 96 valence electrons. The molecule has 0 aromatic heterocycles. The zero-order chi connectivity index (χ0) is 13.1. The Labute approximate surface area is 105 Å². The van der Waals surface area contributed by atoms with Gasteiger partial charge in [-0.15, -0.1) is 0 Å². The second-order valence-electron chi connectivity index (χ2n) is 3.95. The number of carbonyl (C=O) groups excluding carboxylic acids is 1. The number of rotatable bonds is 7. The van der Waals surface area contributed by atoms with Crippen molar-refractivity contribution in [1.82, 2.24) is 0 Å². The molecule has 0 saturated carbocycles. The van der Waals surface area contributed by atoms with Crippen LogP contribution in [0.4, 0.5) is 0 Å². The fourth-order valence-corrected chi connectivity index (χ4v) is 2.17. The van der Waals surface area contributed by atoms with E-state index in [1.54, 1.807) is 6.92 Å². The lowest BCUT2D eigenvalue weighted by Crippen LogP contribution is -2.28. The molecule has 0 aromatic rings. The van der Waals surface area contributed by atoms with Crippen LogP contribution < -0.4 is 0 Å². The maximum absolute atomic E-state index is 11.1. The molecule has 0 aromatic carbocycles. The van der Waals surface area contributed by atoms with Crippen molar-refractivity contribution in [3.05, 3.63) is 36.1 Å². The molecular formula is C13H22O3Si. The molecule has 0 bridgehead atoms. The number of allylic oxidation sites excluding steroid dienone is 3. The maximum Gasteiger partial charge on any atom is 0.330 e. The molecule has 0 heterocycles. The third-order valence-corrected chi connectivity index (χ3v) is 3.78. The Kier molecular flexibility index (Phi) is 8.36. The summed E-state index contributed by atoms with van der Waals surface area (Å²) in [7, 11) is -1.91. The fourth-order valence-electron chi connectivity index (χ4n) is 1.02. The third-order valence-electron chi connectivity index (χ3n) is 1.90. The van der Waals surface area contributed by atoms with Crippen LogP contribution >= 0.6 is 0 Å². The number of esters is 1. The topological polar surface area (TPSA) is 35.5 Å². The second kappa shape index (κ2) is 8.96. The summed E-state index contributed by atoms with van der Waals surface area (Å²) in [6, 6.07) is 0. The van der Waals surface area contributed by atoms with Gasteiger partial charge < -0.3 is 9.16 Å². The van der Waals surface area contributed by atoms with Crippen molar-refractivity contribution in [3.63, 3.8) is 0 Å². The van der Waals surface area contributed by atoms with E-state index in [1.807, 2.05) is 50.0 Å². The van der Waals surface area contributed by atoms with E-state index in [0.29, 0.717) is 13.2 Å². The van der Waals surface area contributed by atoms with Crippen molar-refractivity contribution in [2.24, 2.45) is 0 Å². The summed E-state index contributed by atoms with van der Waals surface area (Å²) >= 11 is 0. The van der Waals surface area contributed by atoms with Gasteiger partial charge in [0.05, 0.1) is 13.2 Å². The molecule has 0 unspecified atom stereocenters. The molecule has 0 aliphatic rings. The van der Waals surface area contributed by atoms with Crippen molar-refractivity contribution in [3.8, 4) is 0 Å². The number of carbonyl (C=O) groups is 1. The van der Waals surface area contributed by atoms with Gasteiger partial charge >= 0.3 is 5.97 Å². The van der Waals surface area contributed by atoms with Crippen molar-refractivity contribution in [2.45, 2.75) is 26.9 Å². The zero-order valence-corrected chi connectivity index (χ0v) is 12.1. The Morgan fingerprint density at radius 2 is 2.00 bits per heavy atom. The summed E-state index contributed by atoms with van der Waals surface area (Å²) in [6.45, 7) is 8.79. The van der Waals surface area contributed by atoms with E-state index in [-0.39, 0.29) is 5.97 Å². The summed E-state index contributed by atoms with van der Waals surface area (Å²) in [4.78, 5) is 11.1. The average molecular weight is 254 g/mol. The van der Waals surface area contributed by atoms with Crippen LogP contribution in [0.3, 0.4) is 0 Å². The van der Waals surface area contributed by atoms with Crippen LogP contribution in [0.15, 0.2) is 36.1 Å². The molecule has 0 amide bonds. The van der Waals surface area contributed by atoms with Gasteiger partial charge in [0.2, 0.25) is 8.32 Å². The maximum atomic E-state index is 11.1.